The minimum Gasteiger partial charge on any atom is -0.484 e. The van der Waals surface area contributed by atoms with Gasteiger partial charge in [0.2, 0.25) is 0 Å². The molecule has 0 radical (unpaired) electrons. The van der Waals surface area contributed by atoms with Crippen molar-refractivity contribution in [2.24, 2.45) is 0 Å². The van der Waals surface area contributed by atoms with E-state index in [1.807, 2.05) is 12.1 Å². The van der Waals surface area contributed by atoms with E-state index in [0.717, 1.165) is 4.47 Å². The van der Waals surface area contributed by atoms with E-state index >= 15 is 0 Å². The fourth-order valence-electron chi connectivity index (χ4n) is 2.52. The fourth-order valence-corrected chi connectivity index (χ4v) is 2.79. The van der Waals surface area contributed by atoms with Crippen molar-refractivity contribution in [2.45, 2.75) is 0 Å². The summed E-state index contributed by atoms with van der Waals surface area (Å²) in [5, 5.41) is 2.75. The Morgan fingerprint density at radius 2 is 1.69 bits per heavy atom. The molecule has 1 saturated heterocycles. The minimum atomic E-state index is -0.249. The van der Waals surface area contributed by atoms with Crippen LogP contribution in [0.5, 0.6) is 5.75 Å². The van der Waals surface area contributed by atoms with Crippen molar-refractivity contribution in [3.63, 3.8) is 0 Å². The summed E-state index contributed by atoms with van der Waals surface area (Å²) in [5.41, 5.74) is 1.30. The molecule has 0 saturated carbocycles. The molecular weight excluding hydrogens is 400 g/mol. The molecule has 26 heavy (non-hydrogen) atoms. The Hall–Kier alpha value is -2.38. The largest absolute Gasteiger partial charge is 0.484 e. The number of rotatable bonds is 5. The maximum Gasteiger partial charge on any atom is 0.262 e. The van der Waals surface area contributed by atoms with E-state index in [4.69, 9.17) is 9.47 Å². The molecule has 1 aliphatic heterocycles. The van der Waals surface area contributed by atoms with Crippen molar-refractivity contribution >= 4 is 33.4 Å². The summed E-state index contributed by atoms with van der Waals surface area (Å²) >= 11 is 3.34. The SMILES string of the molecule is O=C(COc1ccc(C(=O)N2CCOCC2)cc1)Nc1ccc(Br)cc1. The molecule has 2 aromatic rings. The molecule has 2 amide bonds. The van der Waals surface area contributed by atoms with E-state index in [-0.39, 0.29) is 18.4 Å². The van der Waals surface area contributed by atoms with Crippen LogP contribution in [-0.2, 0) is 9.53 Å². The van der Waals surface area contributed by atoms with Crippen molar-refractivity contribution in [3.8, 4) is 5.75 Å². The lowest BCUT2D eigenvalue weighted by Crippen LogP contribution is -2.40. The van der Waals surface area contributed by atoms with Gasteiger partial charge < -0.3 is 19.7 Å². The molecule has 2 aromatic carbocycles. The van der Waals surface area contributed by atoms with Crippen LogP contribution in [0.1, 0.15) is 10.4 Å². The van der Waals surface area contributed by atoms with E-state index < -0.39 is 0 Å². The number of carbonyl (C=O) groups excluding carboxylic acids is 2. The van der Waals surface area contributed by atoms with E-state index in [0.29, 0.717) is 43.3 Å². The van der Waals surface area contributed by atoms with Crippen molar-refractivity contribution in [2.75, 3.05) is 38.2 Å². The quantitative estimate of drug-likeness (QED) is 0.810. The summed E-state index contributed by atoms with van der Waals surface area (Å²) in [6, 6.07) is 14.1. The average Bonchev–Trinajstić information content (AvgIpc) is 2.69. The van der Waals surface area contributed by atoms with Crippen molar-refractivity contribution in [1.82, 2.24) is 4.90 Å². The smallest absolute Gasteiger partial charge is 0.262 e. The van der Waals surface area contributed by atoms with Gasteiger partial charge in [-0.05, 0) is 48.5 Å². The van der Waals surface area contributed by atoms with Crippen molar-refractivity contribution in [1.29, 1.82) is 0 Å². The Balaban J connectivity index is 1.50. The highest BCUT2D eigenvalue weighted by Crippen LogP contribution is 2.16. The predicted octanol–water partition coefficient (Wildman–Crippen LogP) is 2.94. The molecule has 0 spiro atoms. The number of carbonyl (C=O) groups is 2. The van der Waals surface area contributed by atoms with Gasteiger partial charge in [-0.2, -0.15) is 0 Å². The second kappa shape index (κ2) is 8.82. The van der Waals surface area contributed by atoms with E-state index in [9.17, 15) is 9.59 Å². The van der Waals surface area contributed by atoms with Gasteiger partial charge in [-0.3, -0.25) is 9.59 Å². The molecule has 1 heterocycles. The number of nitrogens with zero attached hydrogens (tertiary/aromatic N) is 1. The summed E-state index contributed by atoms with van der Waals surface area (Å²) < 4.78 is 11.7. The monoisotopic (exact) mass is 418 g/mol. The van der Waals surface area contributed by atoms with Crippen LogP contribution < -0.4 is 10.1 Å². The molecule has 136 valence electrons. The number of nitrogens with one attached hydrogen (secondary N) is 1. The highest BCUT2D eigenvalue weighted by atomic mass is 79.9. The molecule has 0 aliphatic carbocycles. The first kappa shape index (κ1) is 18.4. The van der Waals surface area contributed by atoms with Gasteiger partial charge in [0.15, 0.2) is 6.61 Å². The van der Waals surface area contributed by atoms with Crippen LogP contribution in [0.2, 0.25) is 0 Å². The van der Waals surface area contributed by atoms with E-state index in [1.54, 1.807) is 41.3 Å². The average molecular weight is 419 g/mol. The van der Waals surface area contributed by atoms with E-state index in [1.165, 1.54) is 0 Å². The zero-order chi connectivity index (χ0) is 18.4. The van der Waals surface area contributed by atoms with Crippen molar-refractivity contribution in [3.05, 3.63) is 58.6 Å². The van der Waals surface area contributed by atoms with Crippen LogP contribution in [0.15, 0.2) is 53.0 Å². The Morgan fingerprint density at radius 3 is 2.35 bits per heavy atom. The van der Waals surface area contributed by atoms with E-state index in [2.05, 4.69) is 21.2 Å². The lowest BCUT2D eigenvalue weighted by molar-refractivity contribution is -0.118. The molecule has 7 heteroatoms. The zero-order valence-corrected chi connectivity index (χ0v) is 15.7. The van der Waals surface area contributed by atoms with Gasteiger partial charge in [-0.25, -0.2) is 0 Å². The Bertz CT molecular complexity index is 756. The first-order valence-corrected chi connectivity index (χ1v) is 9.06. The third-order valence-electron chi connectivity index (χ3n) is 3.90. The molecule has 6 nitrogen and oxygen atoms in total. The molecule has 3 rings (SSSR count). The number of anilines is 1. The van der Waals surface area contributed by atoms with Crippen LogP contribution in [0.3, 0.4) is 0 Å². The van der Waals surface area contributed by atoms with Gasteiger partial charge >= 0.3 is 0 Å². The third-order valence-corrected chi connectivity index (χ3v) is 4.43. The van der Waals surface area contributed by atoms with Gasteiger partial charge in [-0.15, -0.1) is 0 Å². The minimum absolute atomic E-state index is 0.0205. The fraction of sp³-hybridized carbons (Fsp3) is 0.263. The van der Waals surface area contributed by atoms with Crippen molar-refractivity contribution < 1.29 is 19.1 Å². The molecule has 0 aromatic heterocycles. The predicted molar refractivity (Wildman–Crippen MR) is 101 cm³/mol. The number of hydrogen-bond acceptors (Lipinski definition) is 4. The number of morpholine rings is 1. The van der Waals surface area contributed by atoms with Gasteiger partial charge in [0.1, 0.15) is 5.75 Å². The highest BCUT2D eigenvalue weighted by molar-refractivity contribution is 9.10. The van der Waals surface area contributed by atoms with Crippen LogP contribution in [0.4, 0.5) is 5.69 Å². The molecule has 1 fully saturated rings. The molecule has 1 N–H and O–H groups in total. The van der Waals surface area contributed by atoms with Gasteiger partial charge in [0, 0.05) is 28.8 Å². The summed E-state index contributed by atoms with van der Waals surface area (Å²) in [7, 11) is 0. The number of amides is 2. The highest BCUT2D eigenvalue weighted by Gasteiger charge is 2.18. The third kappa shape index (κ3) is 5.06. The number of halogens is 1. The maximum absolute atomic E-state index is 12.4. The number of benzene rings is 2. The summed E-state index contributed by atoms with van der Waals surface area (Å²) in [6.07, 6.45) is 0. The molecule has 0 bridgehead atoms. The van der Waals surface area contributed by atoms with Crippen LogP contribution in [0, 0.1) is 0 Å². The molecule has 0 atom stereocenters. The van der Waals surface area contributed by atoms with Crippen LogP contribution in [0.25, 0.3) is 0 Å². The van der Waals surface area contributed by atoms with Gasteiger partial charge in [0.05, 0.1) is 13.2 Å². The Morgan fingerprint density at radius 1 is 1.04 bits per heavy atom. The molecule has 1 aliphatic rings. The molecular formula is C19H19BrN2O4. The summed E-state index contributed by atoms with van der Waals surface area (Å²) in [5.74, 6) is 0.267. The lowest BCUT2D eigenvalue weighted by Gasteiger charge is -2.26. The first-order chi connectivity index (χ1) is 12.6. The van der Waals surface area contributed by atoms with Gasteiger partial charge in [0.25, 0.3) is 11.8 Å². The maximum atomic E-state index is 12.4. The molecule has 0 unspecified atom stereocenters. The zero-order valence-electron chi connectivity index (χ0n) is 14.1. The normalized spacial score (nSPS) is 14.0. The standard InChI is InChI=1S/C19H19BrN2O4/c20-15-3-5-16(6-4-15)21-18(23)13-26-17-7-1-14(2-8-17)19(24)22-9-11-25-12-10-22/h1-8H,9-13H2,(H,21,23). The Kier molecular flexibility index (Phi) is 6.25. The summed E-state index contributed by atoms with van der Waals surface area (Å²) in [4.78, 5) is 26.1. The van der Waals surface area contributed by atoms with Crippen LogP contribution >= 0.6 is 15.9 Å². The number of ether oxygens (including phenoxy) is 2. The Labute approximate surface area is 160 Å². The van der Waals surface area contributed by atoms with Crippen LogP contribution in [-0.4, -0.2) is 49.6 Å². The number of hydrogen-bond donors (Lipinski definition) is 1. The lowest BCUT2D eigenvalue weighted by atomic mass is 10.2. The topological polar surface area (TPSA) is 67.9 Å². The summed E-state index contributed by atoms with van der Waals surface area (Å²) in [6.45, 7) is 2.24. The first-order valence-electron chi connectivity index (χ1n) is 8.27. The van der Waals surface area contributed by atoms with Gasteiger partial charge in [-0.1, -0.05) is 15.9 Å². The second-order valence-corrected chi connectivity index (χ2v) is 6.69. The second-order valence-electron chi connectivity index (χ2n) is 5.77.